The second-order valence-corrected chi connectivity index (χ2v) is 8.07. The molecule has 1 aromatic heterocycles. The van der Waals surface area contributed by atoms with E-state index in [1.807, 2.05) is 42.5 Å². The molecule has 0 fully saturated rings. The summed E-state index contributed by atoms with van der Waals surface area (Å²) in [6, 6.07) is 13.0. The molecular weight excluding hydrogens is 422 g/mol. The first-order valence-electron chi connectivity index (χ1n) is 10.6. The molecule has 9 nitrogen and oxygen atoms in total. The van der Waals surface area contributed by atoms with Crippen molar-refractivity contribution in [1.82, 2.24) is 14.8 Å². The van der Waals surface area contributed by atoms with Crippen molar-refractivity contribution in [2.24, 2.45) is 0 Å². The molecule has 1 aliphatic carbocycles. The molecule has 2 heterocycles. The van der Waals surface area contributed by atoms with Gasteiger partial charge in [0.05, 0.1) is 21.3 Å². The maximum Gasteiger partial charge on any atom is 0.241 e. The van der Waals surface area contributed by atoms with Gasteiger partial charge in [0.25, 0.3) is 0 Å². The van der Waals surface area contributed by atoms with Crippen molar-refractivity contribution in [3.63, 3.8) is 0 Å². The van der Waals surface area contributed by atoms with Gasteiger partial charge in [0.2, 0.25) is 11.9 Å². The Morgan fingerprint density at radius 3 is 2.39 bits per heavy atom. The van der Waals surface area contributed by atoms with Crippen LogP contribution < -0.4 is 25.3 Å². The minimum absolute atomic E-state index is 0.00751. The number of hydrogen-bond donors (Lipinski definition) is 2. The van der Waals surface area contributed by atoms with E-state index in [1.54, 1.807) is 26.0 Å². The van der Waals surface area contributed by atoms with E-state index >= 15 is 0 Å². The third kappa shape index (κ3) is 3.55. The Kier molecular flexibility index (Phi) is 5.16. The number of aromatic nitrogens is 3. The van der Waals surface area contributed by atoms with Crippen molar-refractivity contribution < 1.29 is 19.0 Å². The first-order chi connectivity index (χ1) is 16.0. The number of fused-ring (bicyclic) bond motifs is 1. The summed E-state index contributed by atoms with van der Waals surface area (Å²) >= 11 is 0. The number of nitrogens with one attached hydrogen (secondary N) is 1. The van der Waals surface area contributed by atoms with Crippen molar-refractivity contribution in [3.05, 3.63) is 64.9 Å². The number of methoxy groups -OCH3 is 3. The predicted octanol–water partition coefficient (Wildman–Crippen LogP) is 3.30. The summed E-state index contributed by atoms with van der Waals surface area (Å²) in [5, 5.41) is 7.68. The second kappa shape index (κ2) is 8.16. The van der Waals surface area contributed by atoms with Gasteiger partial charge in [0, 0.05) is 17.7 Å². The van der Waals surface area contributed by atoms with Gasteiger partial charge in [-0.3, -0.25) is 4.79 Å². The number of nitrogen functional groups attached to an aromatic ring is 1. The standard InChI is InChI=1S/C24H25N5O4/c1-31-16-7-4-13(5-8-16)22-21-17(26-24-27-23(25)28-29(22)24)10-15(11-18(21)30)14-6-9-19(32-2)20(12-14)33-3/h4-9,12,15,22H,10-11H2,1-3H3,(H3,25,26,27,28)/t15-,22+/m0/s1. The van der Waals surface area contributed by atoms with Crippen LogP contribution in [0.3, 0.4) is 0 Å². The normalized spacial score (nSPS) is 19.4. The summed E-state index contributed by atoms with van der Waals surface area (Å²) in [6.07, 6.45) is 1.03. The third-order valence-corrected chi connectivity index (χ3v) is 6.25. The van der Waals surface area contributed by atoms with Crippen molar-refractivity contribution in [2.75, 3.05) is 32.4 Å². The fraction of sp³-hybridized carbons (Fsp3) is 0.292. The number of hydrogen-bond acceptors (Lipinski definition) is 8. The lowest BCUT2D eigenvalue weighted by Crippen LogP contribution is -2.33. The van der Waals surface area contributed by atoms with Crippen molar-refractivity contribution in [3.8, 4) is 17.2 Å². The van der Waals surface area contributed by atoms with E-state index in [2.05, 4.69) is 15.4 Å². The zero-order valence-electron chi connectivity index (χ0n) is 18.7. The largest absolute Gasteiger partial charge is 0.497 e. The van der Waals surface area contributed by atoms with Gasteiger partial charge >= 0.3 is 0 Å². The van der Waals surface area contributed by atoms with Crippen LogP contribution in [0.5, 0.6) is 17.2 Å². The average molecular weight is 447 g/mol. The molecule has 0 bridgehead atoms. The number of allylic oxidation sites excluding steroid dienone is 2. The minimum Gasteiger partial charge on any atom is -0.497 e. The number of ketones is 1. The van der Waals surface area contributed by atoms with Gasteiger partial charge in [-0.05, 0) is 47.7 Å². The highest BCUT2D eigenvalue weighted by atomic mass is 16.5. The maximum absolute atomic E-state index is 13.5. The first kappa shape index (κ1) is 20.9. The van der Waals surface area contributed by atoms with Gasteiger partial charge in [0.15, 0.2) is 17.3 Å². The summed E-state index contributed by atoms with van der Waals surface area (Å²) in [4.78, 5) is 17.9. The Balaban J connectivity index is 1.56. The zero-order valence-corrected chi connectivity index (χ0v) is 18.7. The predicted molar refractivity (Wildman–Crippen MR) is 123 cm³/mol. The van der Waals surface area contributed by atoms with Gasteiger partial charge in [-0.2, -0.15) is 4.98 Å². The molecule has 170 valence electrons. The highest BCUT2D eigenvalue weighted by Crippen LogP contribution is 2.45. The van der Waals surface area contributed by atoms with Gasteiger partial charge in [0.1, 0.15) is 11.8 Å². The lowest BCUT2D eigenvalue weighted by Gasteiger charge is -2.35. The molecule has 3 aromatic rings. The minimum atomic E-state index is -0.411. The van der Waals surface area contributed by atoms with Crippen LogP contribution in [0.1, 0.15) is 35.9 Å². The number of anilines is 2. The lowest BCUT2D eigenvalue weighted by molar-refractivity contribution is -0.116. The number of nitrogens with zero attached hydrogens (tertiary/aromatic N) is 3. The van der Waals surface area contributed by atoms with Crippen LogP contribution in [0.15, 0.2) is 53.7 Å². The Labute approximate surface area is 191 Å². The SMILES string of the molecule is COc1ccc([C@@H]2C3=C(C[C@H](c4ccc(OC)c(OC)c4)CC3=O)Nc3nc(N)nn32)cc1. The van der Waals surface area contributed by atoms with Crippen LogP contribution in [-0.4, -0.2) is 41.9 Å². The Hall–Kier alpha value is -4.01. The first-order valence-corrected chi connectivity index (χ1v) is 10.6. The number of carbonyl (C=O) groups is 1. The number of nitrogens with two attached hydrogens (primary N) is 1. The summed E-state index contributed by atoms with van der Waals surface area (Å²) in [7, 11) is 4.83. The fourth-order valence-electron chi connectivity index (χ4n) is 4.67. The molecule has 3 N–H and O–H groups in total. The van der Waals surface area contributed by atoms with Gasteiger partial charge in [-0.15, -0.1) is 5.10 Å². The van der Waals surface area contributed by atoms with Crippen molar-refractivity contribution in [1.29, 1.82) is 0 Å². The number of carbonyl (C=O) groups excluding carboxylic acids is 1. The van der Waals surface area contributed by atoms with Gasteiger partial charge in [-0.25, -0.2) is 4.68 Å². The number of rotatable bonds is 5. The third-order valence-electron chi connectivity index (χ3n) is 6.25. The Morgan fingerprint density at radius 1 is 0.970 bits per heavy atom. The molecule has 2 aliphatic rings. The molecule has 1 aliphatic heterocycles. The summed E-state index contributed by atoms with van der Waals surface area (Å²) in [5.74, 6) is 2.76. The Morgan fingerprint density at radius 2 is 1.70 bits per heavy atom. The van der Waals surface area contributed by atoms with E-state index in [0.717, 1.165) is 22.6 Å². The molecule has 9 heteroatoms. The fourth-order valence-corrected chi connectivity index (χ4v) is 4.67. The molecule has 0 saturated heterocycles. The molecular formula is C24H25N5O4. The maximum atomic E-state index is 13.5. The van der Waals surface area contributed by atoms with Crippen LogP contribution in [-0.2, 0) is 4.79 Å². The van der Waals surface area contributed by atoms with Crippen molar-refractivity contribution >= 4 is 17.7 Å². The van der Waals surface area contributed by atoms with E-state index < -0.39 is 6.04 Å². The summed E-state index contributed by atoms with van der Waals surface area (Å²) < 4.78 is 17.8. The van der Waals surface area contributed by atoms with E-state index in [4.69, 9.17) is 19.9 Å². The number of benzene rings is 2. The van der Waals surface area contributed by atoms with E-state index in [-0.39, 0.29) is 17.6 Å². The number of ether oxygens (including phenoxy) is 3. The molecule has 0 spiro atoms. The van der Waals surface area contributed by atoms with E-state index in [1.165, 1.54) is 0 Å². The quantitative estimate of drug-likeness (QED) is 0.613. The van der Waals surface area contributed by atoms with Crippen molar-refractivity contribution in [2.45, 2.75) is 24.8 Å². The highest BCUT2D eigenvalue weighted by Gasteiger charge is 2.39. The van der Waals surface area contributed by atoms with Crippen LogP contribution in [0.4, 0.5) is 11.9 Å². The molecule has 0 unspecified atom stereocenters. The summed E-state index contributed by atoms with van der Waals surface area (Å²) in [6.45, 7) is 0. The molecule has 2 aromatic carbocycles. The smallest absolute Gasteiger partial charge is 0.241 e. The van der Waals surface area contributed by atoms with Gasteiger partial charge in [-0.1, -0.05) is 18.2 Å². The van der Waals surface area contributed by atoms with Crippen LogP contribution >= 0.6 is 0 Å². The second-order valence-electron chi connectivity index (χ2n) is 8.07. The zero-order chi connectivity index (χ0) is 23.1. The van der Waals surface area contributed by atoms with Crippen LogP contribution in [0.2, 0.25) is 0 Å². The molecule has 2 atom stereocenters. The Bertz CT molecular complexity index is 1250. The van der Waals surface area contributed by atoms with Gasteiger partial charge < -0.3 is 25.3 Å². The van der Waals surface area contributed by atoms with Crippen LogP contribution in [0.25, 0.3) is 0 Å². The molecule has 33 heavy (non-hydrogen) atoms. The average Bonchev–Trinajstić information content (AvgIpc) is 3.21. The molecule has 0 radical (unpaired) electrons. The highest BCUT2D eigenvalue weighted by molar-refractivity contribution is 6.00. The topological polar surface area (TPSA) is 114 Å². The van der Waals surface area contributed by atoms with Crippen LogP contribution in [0, 0.1) is 0 Å². The van der Waals surface area contributed by atoms with E-state index in [9.17, 15) is 4.79 Å². The lowest BCUT2D eigenvalue weighted by atomic mass is 9.78. The molecule has 0 saturated carbocycles. The molecule has 5 rings (SSSR count). The summed E-state index contributed by atoms with van der Waals surface area (Å²) in [5.41, 5.74) is 9.37. The van der Waals surface area contributed by atoms with E-state index in [0.29, 0.717) is 35.9 Å². The molecule has 0 amide bonds. The number of Topliss-reactive ketones (excluding diaryl/α,β-unsaturated/α-hetero) is 1. The monoisotopic (exact) mass is 447 g/mol.